The standard InChI is InChI=1S/C22H21F3O3S/c1-11-14(16-17(26)20(2,3)19(28)21(4,5)18(16)27)10-15(29-11)12-6-8-13(9-7-12)22(23,24)25/h6-10,16H,1-5H3. The molecule has 3 nitrogen and oxygen atoms in total. The Labute approximate surface area is 170 Å². The van der Waals surface area contributed by atoms with E-state index in [1.807, 2.05) is 0 Å². The summed E-state index contributed by atoms with van der Waals surface area (Å²) < 4.78 is 38.4. The summed E-state index contributed by atoms with van der Waals surface area (Å²) in [6.07, 6.45) is -4.42. The molecule has 0 aliphatic heterocycles. The van der Waals surface area contributed by atoms with E-state index in [-0.39, 0.29) is 0 Å². The molecule has 1 aromatic heterocycles. The molecule has 1 aliphatic carbocycles. The number of carbonyl (C=O) groups excluding carboxylic acids is 3. The van der Waals surface area contributed by atoms with Crippen molar-refractivity contribution in [2.75, 3.05) is 0 Å². The highest BCUT2D eigenvalue weighted by molar-refractivity contribution is 7.15. The van der Waals surface area contributed by atoms with E-state index in [4.69, 9.17) is 0 Å². The topological polar surface area (TPSA) is 51.2 Å². The summed E-state index contributed by atoms with van der Waals surface area (Å²) in [5.41, 5.74) is -2.22. The molecule has 0 radical (unpaired) electrons. The number of rotatable bonds is 2. The number of Topliss-reactive ketones (excluding diaryl/α,β-unsaturated/α-hetero) is 3. The quantitative estimate of drug-likeness (QED) is 0.592. The predicted molar refractivity (Wildman–Crippen MR) is 105 cm³/mol. The van der Waals surface area contributed by atoms with Crippen LogP contribution in [-0.2, 0) is 20.6 Å². The molecule has 2 aromatic rings. The summed E-state index contributed by atoms with van der Waals surface area (Å²) in [4.78, 5) is 40.1. The lowest BCUT2D eigenvalue weighted by molar-refractivity contribution is -0.157. The minimum Gasteiger partial charge on any atom is -0.298 e. The van der Waals surface area contributed by atoms with Crippen LogP contribution in [0.1, 0.15) is 49.6 Å². The Morgan fingerprint density at radius 3 is 1.83 bits per heavy atom. The van der Waals surface area contributed by atoms with Crippen LogP contribution >= 0.6 is 11.3 Å². The van der Waals surface area contributed by atoms with E-state index < -0.39 is 45.8 Å². The molecule has 1 fully saturated rings. The molecule has 0 unspecified atom stereocenters. The van der Waals surface area contributed by atoms with Crippen LogP contribution in [0.4, 0.5) is 13.2 Å². The number of hydrogen-bond donors (Lipinski definition) is 0. The lowest BCUT2D eigenvalue weighted by atomic mass is 9.57. The van der Waals surface area contributed by atoms with Gasteiger partial charge in [0.25, 0.3) is 0 Å². The molecule has 1 saturated carbocycles. The van der Waals surface area contributed by atoms with Gasteiger partial charge in [-0.25, -0.2) is 0 Å². The molecule has 1 heterocycles. The first-order valence-corrected chi connectivity index (χ1v) is 9.92. The third-order valence-corrected chi connectivity index (χ3v) is 6.77. The molecule has 0 N–H and O–H groups in total. The summed E-state index contributed by atoms with van der Waals surface area (Å²) in [7, 11) is 0. The van der Waals surface area contributed by atoms with Crippen LogP contribution in [-0.4, -0.2) is 17.3 Å². The second-order valence-corrected chi connectivity index (χ2v) is 9.69. The van der Waals surface area contributed by atoms with E-state index in [0.29, 0.717) is 16.0 Å². The minimum absolute atomic E-state index is 0.396. The van der Waals surface area contributed by atoms with Gasteiger partial charge in [-0.15, -0.1) is 11.3 Å². The Morgan fingerprint density at radius 1 is 0.897 bits per heavy atom. The minimum atomic E-state index is -4.42. The number of alkyl halides is 3. The summed E-state index contributed by atoms with van der Waals surface area (Å²) in [6.45, 7) is 7.92. The van der Waals surface area contributed by atoms with E-state index in [9.17, 15) is 27.6 Å². The molecule has 3 rings (SSSR count). The summed E-state index contributed by atoms with van der Waals surface area (Å²) >= 11 is 1.31. The van der Waals surface area contributed by atoms with Crippen molar-refractivity contribution in [2.45, 2.75) is 46.7 Å². The van der Waals surface area contributed by atoms with Crippen LogP contribution in [0.5, 0.6) is 0 Å². The van der Waals surface area contributed by atoms with Crippen LogP contribution in [0.25, 0.3) is 10.4 Å². The van der Waals surface area contributed by atoms with Crippen molar-refractivity contribution in [2.24, 2.45) is 10.8 Å². The molecular weight excluding hydrogens is 401 g/mol. The van der Waals surface area contributed by atoms with E-state index >= 15 is 0 Å². The maximum absolute atomic E-state index is 13.0. The molecule has 0 bridgehead atoms. The van der Waals surface area contributed by atoms with Gasteiger partial charge < -0.3 is 0 Å². The number of halogens is 3. The average Bonchev–Trinajstić information content (AvgIpc) is 3.01. The lowest BCUT2D eigenvalue weighted by Crippen LogP contribution is -2.56. The molecule has 7 heteroatoms. The lowest BCUT2D eigenvalue weighted by Gasteiger charge is -2.40. The van der Waals surface area contributed by atoms with Gasteiger partial charge in [0.1, 0.15) is 5.92 Å². The number of aryl methyl sites for hydroxylation is 1. The molecule has 1 aromatic carbocycles. The maximum Gasteiger partial charge on any atom is 0.416 e. The smallest absolute Gasteiger partial charge is 0.298 e. The van der Waals surface area contributed by atoms with Crippen molar-refractivity contribution in [3.63, 3.8) is 0 Å². The first-order chi connectivity index (χ1) is 13.2. The summed E-state index contributed by atoms with van der Waals surface area (Å²) in [6, 6.07) is 6.45. The van der Waals surface area contributed by atoms with E-state index in [1.165, 1.54) is 51.2 Å². The van der Waals surface area contributed by atoms with Crippen molar-refractivity contribution in [1.82, 2.24) is 0 Å². The number of hydrogen-bond acceptors (Lipinski definition) is 4. The molecular formula is C22H21F3O3S. The number of ketones is 3. The van der Waals surface area contributed by atoms with Gasteiger partial charge in [-0.1, -0.05) is 12.1 Å². The zero-order valence-electron chi connectivity index (χ0n) is 16.7. The molecule has 0 saturated heterocycles. The molecule has 0 spiro atoms. The Balaban J connectivity index is 2.05. The molecule has 1 aliphatic rings. The first-order valence-electron chi connectivity index (χ1n) is 9.10. The SMILES string of the molecule is Cc1sc(-c2ccc(C(F)(F)F)cc2)cc1C1C(=O)C(C)(C)C(=O)C(C)(C)C1=O. The fourth-order valence-corrected chi connectivity index (χ4v) is 4.94. The summed E-state index contributed by atoms with van der Waals surface area (Å²) in [5, 5.41) is 0. The molecule has 29 heavy (non-hydrogen) atoms. The Bertz CT molecular complexity index is 981. The second-order valence-electron chi connectivity index (χ2n) is 8.44. The van der Waals surface area contributed by atoms with Crippen molar-refractivity contribution in [3.05, 3.63) is 46.3 Å². The fraction of sp³-hybridized carbons (Fsp3) is 0.409. The monoisotopic (exact) mass is 422 g/mol. The fourth-order valence-electron chi connectivity index (χ4n) is 3.88. The predicted octanol–water partition coefficient (Wildman–Crippen LogP) is 5.60. The van der Waals surface area contributed by atoms with E-state index in [1.54, 1.807) is 13.0 Å². The van der Waals surface area contributed by atoms with Gasteiger partial charge in [0.05, 0.1) is 16.4 Å². The van der Waals surface area contributed by atoms with Gasteiger partial charge in [0.2, 0.25) is 0 Å². The third kappa shape index (κ3) is 3.35. The third-order valence-electron chi connectivity index (χ3n) is 5.66. The van der Waals surface area contributed by atoms with E-state index in [2.05, 4.69) is 0 Å². The van der Waals surface area contributed by atoms with Gasteiger partial charge in [0, 0.05) is 9.75 Å². The highest BCUT2D eigenvalue weighted by Gasteiger charge is 2.58. The van der Waals surface area contributed by atoms with Crippen molar-refractivity contribution in [1.29, 1.82) is 0 Å². The average molecular weight is 422 g/mol. The number of carbonyl (C=O) groups is 3. The second kappa shape index (κ2) is 6.62. The van der Waals surface area contributed by atoms with Gasteiger partial charge in [-0.3, -0.25) is 14.4 Å². The van der Waals surface area contributed by atoms with Crippen molar-refractivity contribution < 1.29 is 27.6 Å². The van der Waals surface area contributed by atoms with Crippen molar-refractivity contribution >= 4 is 28.7 Å². The Kier molecular flexibility index (Phi) is 4.89. The zero-order valence-corrected chi connectivity index (χ0v) is 17.5. The molecule has 154 valence electrons. The number of benzene rings is 1. The number of thiophene rings is 1. The van der Waals surface area contributed by atoms with Crippen LogP contribution in [0.15, 0.2) is 30.3 Å². The highest BCUT2D eigenvalue weighted by Crippen LogP contribution is 2.47. The van der Waals surface area contributed by atoms with Crippen LogP contribution in [0.3, 0.4) is 0 Å². The van der Waals surface area contributed by atoms with Crippen molar-refractivity contribution in [3.8, 4) is 10.4 Å². The van der Waals surface area contributed by atoms with Gasteiger partial charge in [-0.05, 0) is 63.9 Å². The van der Waals surface area contributed by atoms with Gasteiger partial charge >= 0.3 is 6.18 Å². The highest BCUT2D eigenvalue weighted by atomic mass is 32.1. The Morgan fingerprint density at radius 2 is 1.38 bits per heavy atom. The van der Waals surface area contributed by atoms with Gasteiger partial charge in [-0.2, -0.15) is 13.2 Å². The Hall–Kier alpha value is -2.28. The normalized spacial score (nSPS) is 19.7. The van der Waals surface area contributed by atoms with E-state index in [0.717, 1.165) is 17.0 Å². The van der Waals surface area contributed by atoms with Crippen LogP contribution < -0.4 is 0 Å². The zero-order chi connectivity index (χ0) is 21.9. The van der Waals surface area contributed by atoms with Crippen LogP contribution in [0.2, 0.25) is 0 Å². The molecule has 0 atom stereocenters. The first kappa shape index (κ1) is 21.4. The largest absolute Gasteiger partial charge is 0.416 e. The molecule has 0 amide bonds. The van der Waals surface area contributed by atoms with Gasteiger partial charge in [0.15, 0.2) is 17.3 Å². The summed E-state index contributed by atoms with van der Waals surface area (Å²) in [5.74, 6) is -2.33. The van der Waals surface area contributed by atoms with Crippen LogP contribution in [0, 0.1) is 17.8 Å². The maximum atomic E-state index is 13.0.